The molecule has 2 rings (SSSR count). The predicted octanol–water partition coefficient (Wildman–Crippen LogP) is 2.17. The molecule has 1 N–H and O–H groups in total. The average Bonchev–Trinajstić information content (AvgIpc) is 2.68. The van der Waals surface area contributed by atoms with Gasteiger partial charge < -0.3 is 9.64 Å². The molecule has 1 aromatic carbocycles. The van der Waals surface area contributed by atoms with Crippen molar-refractivity contribution in [2.75, 3.05) is 13.2 Å². The third-order valence-electron chi connectivity index (χ3n) is 3.06. The van der Waals surface area contributed by atoms with Gasteiger partial charge in [-0.05, 0) is 18.9 Å². The Hall–Kier alpha value is -1.84. The number of fused-ring (bicyclic) bond motifs is 1. The summed E-state index contributed by atoms with van der Waals surface area (Å²) in [7, 11) is 0. The Bertz CT molecular complexity index is 457. The molecule has 0 aromatic heterocycles. The Balaban J connectivity index is 1.83. The molecule has 1 aromatic rings. The van der Waals surface area contributed by atoms with Crippen LogP contribution in [0.1, 0.15) is 30.9 Å². The van der Waals surface area contributed by atoms with Crippen molar-refractivity contribution in [2.24, 2.45) is 0 Å². The van der Waals surface area contributed by atoms with E-state index in [0.29, 0.717) is 18.9 Å². The number of esters is 1. The van der Waals surface area contributed by atoms with E-state index in [2.05, 4.69) is 6.07 Å². The van der Waals surface area contributed by atoms with E-state index in [1.807, 2.05) is 30.0 Å². The number of ether oxygens (including phenoxy) is 1. The van der Waals surface area contributed by atoms with Gasteiger partial charge in [0.1, 0.15) is 5.84 Å². The number of hydrogen-bond donors (Lipinski definition) is 1. The zero-order valence-electron chi connectivity index (χ0n) is 10.6. The molecule has 0 bridgehead atoms. The van der Waals surface area contributed by atoms with Crippen LogP contribution in [0.2, 0.25) is 0 Å². The van der Waals surface area contributed by atoms with E-state index in [1.54, 1.807) is 0 Å². The first-order chi connectivity index (χ1) is 8.72. The SMILES string of the molecule is CCOC(=O)CCCN1Cc2ccccc2C1=N. The number of hydrogen-bond acceptors (Lipinski definition) is 3. The topological polar surface area (TPSA) is 53.4 Å². The highest BCUT2D eigenvalue weighted by molar-refractivity contribution is 6.00. The lowest BCUT2D eigenvalue weighted by atomic mass is 10.1. The minimum absolute atomic E-state index is 0.152. The van der Waals surface area contributed by atoms with Crippen LogP contribution in [0.5, 0.6) is 0 Å². The molecule has 4 heteroatoms. The van der Waals surface area contributed by atoms with Crippen LogP contribution in [0.3, 0.4) is 0 Å². The van der Waals surface area contributed by atoms with E-state index in [0.717, 1.165) is 25.1 Å². The largest absolute Gasteiger partial charge is 0.466 e. The highest BCUT2D eigenvalue weighted by Gasteiger charge is 2.22. The van der Waals surface area contributed by atoms with E-state index < -0.39 is 0 Å². The van der Waals surface area contributed by atoms with Gasteiger partial charge in [-0.3, -0.25) is 10.2 Å². The molecule has 0 aliphatic carbocycles. The van der Waals surface area contributed by atoms with Gasteiger partial charge in [0.15, 0.2) is 0 Å². The summed E-state index contributed by atoms with van der Waals surface area (Å²) in [6, 6.07) is 7.97. The molecule has 0 saturated heterocycles. The second-order valence-electron chi connectivity index (χ2n) is 4.34. The number of nitrogens with zero attached hydrogens (tertiary/aromatic N) is 1. The summed E-state index contributed by atoms with van der Waals surface area (Å²) in [5, 5.41) is 8.06. The van der Waals surface area contributed by atoms with Crippen LogP contribution in [0.4, 0.5) is 0 Å². The monoisotopic (exact) mass is 246 g/mol. The maximum absolute atomic E-state index is 11.2. The summed E-state index contributed by atoms with van der Waals surface area (Å²) in [4.78, 5) is 13.2. The molecule has 0 amide bonds. The molecular weight excluding hydrogens is 228 g/mol. The zero-order valence-corrected chi connectivity index (χ0v) is 10.6. The van der Waals surface area contributed by atoms with Crippen molar-refractivity contribution in [1.82, 2.24) is 4.90 Å². The van der Waals surface area contributed by atoms with Crippen molar-refractivity contribution in [1.29, 1.82) is 5.41 Å². The lowest BCUT2D eigenvalue weighted by Gasteiger charge is -2.17. The minimum atomic E-state index is -0.152. The summed E-state index contributed by atoms with van der Waals surface area (Å²) in [5.74, 6) is 0.412. The molecule has 96 valence electrons. The maximum atomic E-state index is 11.2. The molecule has 18 heavy (non-hydrogen) atoms. The van der Waals surface area contributed by atoms with Gasteiger partial charge in [0.05, 0.1) is 6.61 Å². The van der Waals surface area contributed by atoms with Crippen LogP contribution in [0.15, 0.2) is 24.3 Å². The first kappa shape index (κ1) is 12.6. The van der Waals surface area contributed by atoms with Crippen LogP contribution in [0.25, 0.3) is 0 Å². The van der Waals surface area contributed by atoms with Gasteiger partial charge in [0.25, 0.3) is 0 Å². The molecule has 0 fully saturated rings. The Morgan fingerprint density at radius 3 is 2.94 bits per heavy atom. The fourth-order valence-electron chi connectivity index (χ4n) is 2.18. The normalized spacial score (nSPS) is 13.6. The maximum Gasteiger partial charge on any atom is 0.305 e. The first-order valence-electron chi connectivity index (χ1n) is 6.29. The second kappa shape index (κ2) is 5.67. The molecule has 1 heterocycles. The third kappa shape index (κ3) is 2.70. The van der Waals surface area contributed by atoms with Crippen molar-refractivity contribution in [3.8, 4) is 0 Å². The molecular formula is C14H18N2O2. The lowest BCUT2D eigenvalue weighted by molar-refractivity contribution is -0.143. The molecule has 0 spiro atoms. The van der Waals surface area contributed by atoms with Gasteiger partial charge in [0, 0.05) is 25.1 Å². The average molecular weight is 246 g/mol. The minimum Gasteiger partial charge on any atom is -0.466 e. The van der Waals surface area contributed by atoms with Gasteiger partial charge in [-0.25, -0.2) is 0 Å². The molecule has 0 unspecified atom stereocenters. The van der Waals surface area contributed by atoms with Gasteiger partial charge in [-0.15, -0.1) is 0 Å². The van der Waals surface area contributed by atoms with Crippen molar-refractivity contribution in [2.45, 2.75) is 26.3 Å². The van der Waals surface area contributed by atoms with Crippen LogP contribution in [0, 0.1) is 5.41 Å². The summed E-state index contributed by atoms with van der Waals surface area (Å²) in [6.45, 7) is 3.75. The smallest absolute Gasteiger partial charge is 0.305 e. The summed E-state index contributed by atoms with van der Waals surface area (Å²) in [6.07, 6.45) is 1.16. The highest BCUT2D eigenvalue weighted by Crippen LogP contribution is 2.22. The number of nitrogens with one attached hydrogen (secondary N) is 1. The molecule has 0 atom stereocenters. The molecule has 1 aliphatic heterocycles. The Kier molecular flexibility index (Phi) is 3.97. The van der Waals surface area contributed by atoms with E-state index >= 15 is 0 Å². The van der Waals surface area contributed by atoms with E-state index in [9.17, 15) is 4.79 Å². The summed E-state index contributed by atoms with van der Waals surface area (Å²) in [5.41, 5.74) is 2.20. The standard InChI is InChI=1S/C14H18N2O2/c1-2-18-13(17)8-5-9-16-10-11-6-3-4-7-12(11)14(16)15/h3-4,6-7,15H,2,5,8-10H2,1H3. The Labute approximate surface area is 107 Å². The van der Waals surface area contributed by atoms with E-state index in [1.165, 1.54) is 5.56 Å². The number of amidine groups is 1. The quantitative estimate of drug-likeness (QED) is 0.810. The van der Waals surface area contributed by atoms with E-state index in [-0.39, 0.29) is 5.97 Å². The van der Waals surface area contributed by atoms with Crippen LogP contribution < -0.4 is 0 Å². The predicted molar refractivity (Wildman–Crippen MR) is 69.5 cm³/mol. The van der Waals surface area contributed by atoms with E-state index in [4.69, 9.17) is 10.1 Å². The molecule has 0 radical (unpaired) electrons. The van der Waals surface area contributed by atoms with Crippen LogP contribution in [-0.4, -0.2) is 29.9 Å². The molecule has 0 saturated carbocycles. The van der Waals surface area contributed by atoms with Gasteiger partial charge in [0.2, 0.25) is 0 Å². The van der Waals surface area contributed by atoms with Crippen LogP contribution >= 0.6 is 0 Å². The fraction of sp³-hybridized carbons (Fsp3) is 0.429. The summed E-state index contributed by atoms with van der Waals surface area (Å²) >= 11 is 0. The van der Waals surface area contributed by atoms with Gasteiger partial charge in [-0.1, -0.05) is 24.3 Å². The Morgan fingerprint density at radius 1 is 1.44 bits per heavy atom. The Morgan fingerprint density at radius 2 is 2.22 bits per heavy atom. The molecule has 1 aliphatic rings. The molecule has 4 nitrogen and oxygen atoms in total. The number of benzene rings is 1. The van der Waals surface area contributed by atoms with Gasteiger partial charge in [-0.2, -0.15) is 0 Å². The first-order valence-corrected chi connectivity index (χ1v) is 6.29. The van der Waals surface area contributed by atoms with Crippen molar-refractivity contribution in [3.05, 3.63) is 35.4 Å². The second-order valence-corrected chi connectivity index (χ2v) is 4.34. The zero-order chi connectivity index (χ0) is 13.0. The van der Waals surface area contributed by atoms with Crippen LogP contribution in [-0.2, 0) is 16.1 Å². The lowest BCUT2D eigenvalue weighted by Crippen LogP contribution is -2.25. The number of carbonyl (C=O) groups is 1. The van der Waals surface area contributed by atoms with Crippen molar-refractivity contribution < 1.29 is 9.53 Å². The summed E-state index contributed by atoms with van der Waals surface area (Å²) < 4.78 is 4.88. The number of rotatable bonds is 5. The van der Waals surface area contributed by atoms with Gasteiger partial charge >= 0.3 is 5.97 Å². The van der Waals surface area contributed by atoms with Crippen molar-refractivity contribution in [3.63, 3.8) is 0 Å². The van der Waals surface area contributed by atoms with Crippen molar-refractivity contribution >= 4 is 11.8 Å². The number of carbonyl (C=O) groups excluding carboxylic acids is 1. The fourth-order valence-corrected chi connectivity index (χ4v) is 2.18. The third-order valence-corrected chi connectivity index (χ3v) is 3.06. The highest BCUT2D eigenvalue weighted by atomic mass is 16.5.